The maximum Gasteiger partial charge on any atom is 0.255 e. The van der Waals surface area contributed by atoms with Crippen LogP contribution in [0, 0.1) is 0 Å². The smallest absolute Gasteiger partial charge is 0.255 e. The first kappa shape index (κ1) is 12.8. The number of hydrogen-bond acceptors (Lipinski definition) is 4. The minimum Gasteiger partial charge on any atom is -0.494 e. The van der Waals surface area contributed by atoms with Crippen molar-refractivity contribution in [2.75, 3.05) is 7.11 Å². The van der Waals surface area contributed by atoms with Crippen LogP contribution in [-0.2, 0) is 0 Å². The lowest BCUT2D eigenvalue weighted by molar-refractivity contribution is 0.0715. The van der Waals surface area contributed by atoms with Gasteiger partial charge in [0.15, 0.2) is 0 Å². The van der Waals surface area contributed by atoms with Crippen LogP contribution in [0.3, 0.4) is 0 Å². The Hall–Kier alpha value is -1.62. The number of amides is 1. The zero-order chi connectivity index (χ0) is 13.0. The first-order valence-corrected chi connectivity index (χ1v) is 6.19. The minimum absolute atomic E-state index is 0.163. The monoisotopic (exact) mass is 250 g/mol. The maximum absolute atomic E-state index is 12.1. The molecule has 5 nitrogen and oxygen atoms in total. The molecule has 0 spiro atoms. The fourth-order valence-corrected chi connectivity index (χ4v) is 2.26. The van der Waals surface area contributed by atoms with Crippen LogP contribution in [0.2, 0.25) is 0 Å². The van der Waals surface area contributed by atoms with Crippen LogP contribution in [0.15, 0.2) is 18.5 Å². The summed E-state index contributed by atoms with van der Waals surface area (Å²) in [7, 11) is 1.50. The number of ether oxygens (including phenoxy) is 1. The van der Waals surface area contributed by atoms with E-state index in [9.17, 15) is 9.90 Å². The molecular weight excluding hydrogens is 232 g/mol. The zero-order valence-electron chi connectivity index (χ0n) is 10.4. The van der Waals surface area contributed by atoms with E-state index in [2.05, 4.69) is 10.3 Å². The number of pyridine rings is 1. The summed E-state index contributed by atoms with van der Waals surface area (Å²) >= 11 is 0. The number of aliphatic hydroxyl groups excluding tert-OH is 1. The predicted molar refractivity (Wildman–Crippen MR) is 66.5 cm³/mol. The third-order valence-corrected chi connectivity index (χ3v) is 3.30. The molecule has 0 radical (unpaired) electrons. The number of rotatable bonds is 3. The average molecular weight is 250 g/mol. The molecule has 98 valence electrons. The summed E-state index contributed by atoms with van der Waals surface area (Å²) in [6, 6.07) is 1.45. The van der Waals surface area contributed by atoms with E-state index in [4.69, 9.17) is 4.74 Å². The molecule has 2 atom stereocenters. The molecule has 0 aromatic carbocycles. The standard InChI is InChI=1S/C13H18N2O3/c1-18-12-8-14-7-6-9(12)13(17)15-10-4-2-3-5-11(10)16/h6-8,10-11,16H,2-5H2,1H3,(H,15,17). The summed E-state index contributed by atoms with van der Waals surface area (Å²) in [5, 5.41) is 12.7. The molecule has 1 aliphatic carbocycles. The van der Waals surface area contributed by atoms with Crippen LogP contribution in [0.25, 0.3) is 0 Å². The van der Waals surface area contributed by atoms with Crippen molar-refractivity contribution in [2.45, 2.75) is 37.8 Å². The number of carbonyl (C=O) groups is 1. The number of nitrogens with zero attached hydrogens (tertiary/aromatic N) is 1. The van der Waals surface area contributed by atoms with Gasteiger partial charge in [0.1, 0.15) is 5.75 Å². The largest absolute Gasteiger partial charge is 0.494 e. The number of methoxy groups -OCH3 is 1. The van der Waals surface area contributed by atoms with Gasteiger partial charge in [-0.3, -0.25) is 9.78 Å². The number of carbonyl (C=O) groups excluding carboxylic acids is 1. The molecule has 0 bridgehead atoms. The van der Waals surface area contributed by atoms with Gasteiger partial charge in [-0.1, -0.05) is 12.8 Å². The molecule has 1 aromatic rings. The van der Waals surface area contributed by atoms with Crippen molar-refractivity contribution in [3.63, 3.8) is 0 Å². The Morgan fingerprint density at radius 1 is 1.50 bits per heavy atom. The van der Waals surface area contributed by atoms with E-state index in [1.807, 2.05) is 0 Å². The summed E-state index contributed by atoms with van der Waals surface area (Å²) in [4.78, 5) is 16.0. The predicted octanol–water partition coefficient (Wildman–Crippen LogP) is 1.12. The van der Waals surface area contributed by atoms with Gasteiger partial charge in [-0.2, -0.15) is 0 Å². The Morgan fingerprint density at radius 2 is 2.28 bits per heavy atom. The van der Waals surface area contributed by atoms with Crippen LogP contribution in [0.4, 0.5) is 0 Å². The molecule has 1 aromatic heterocycles. The van der Waals surface area contributed by atoms with Gasteiger partial charge < -0.3 is 15.2 Å². The summed E-state index contributed by atoms with van der Waals surface area (Å²) in [6.07, 6.45) is 6.23. The van der Waals surface area contributed by atoms with Gasteiger partial charge in [-0.25, -0.2) is 0 Å². The van der Waals surface area contributed by atoms with Crippen LogP contribution in [-0.4, -0.2) is 35.3 Å². The number of aliphatic hydroxyl groups is 1. The van der Waals surface area contributed by atoms with Gasteiger partial charge in [0.05, 0.1) is 31.0 Å². The second kappa shape index (κ2) is 5.82. The molecule has 1 amide bonds. The average Bonchev–Trinajstić information content (AvgIpc) is 2.41. The molecule has 18 heavy (non-hydrogen) atoms. The van der Waals surface area contributed by atoms with Crippen molar-refractivity contribution in [1.29, 1.82) is 0 Å². The molecule has 2 unspecified atom stereocenters. The molecule has 1 saturated carbocycles. The summed E-state index contributed by atoms with van der Waals surface area (Å²) < 4.78 is 5.10. The van der Waals surface area contributed by atoms with E-state index >= 15 is 0 Å². The van der Waals surface area contributed by atoms with Gasteiger partial charge >= 0.3 is 0 Å². The van der Waals surface area contributed by atoms with Crippen molar-refractivity contribution in [2.24, 2.45) is 0 Å². The highest BCUT2D eigenvalue weighted by molar-refractivity contribution is 5.96. The molecule has 1 fully saturated rings. The number of hydrogen-bond donors (Lipinski definition) is 2. The maximum atomic E-state index is 12.1. The molecule has 1 aliphatic rings. The fraction of sp³-hybridized carbons (Fsp3) is 0.538. The third-order valence-electron chi connectivity index (χ3n) is 3.30. The SMILES string of the molecule is COc1cnccc1C(=O)NC1CCCCC1O. The lowest BCUT2D eigenvalue weighted by atomic mass is 9.92. The summed E-state index contributed by atoms with van der Waals surface area (Å²) in [5.41, 5.74) is 0.449. The first-order chi connectivity index (χ1) is 8.72. The lowest BCUT2D eigenvalue weighted by Crippen LogP contribution is -2.45. The Kier molecular flexibility index (Phi) is 4.15. The van der Waals surface area contributed by atoms with E-state index in [-0.39, 0.29) is 11.9 Å². The first-order valence-electron chi connectivity index (χ1n) is 6.19. The topological polar surface area (TPSA) is 71.5 Å². The van der Waals surface area contributed by atoms with Gasteiger partial charge in [-0.05, 0) is 18.9 Å². The van der Waals surface area contributed by atoms with Gasteiger partial charge in [0.25, 0.3) is 5.91 Å². The molecule has 1 heterocycles. The van der Waals surface area contributed by atoms with Crippen molar-refractivity contribution in [3.8, 4) is 5.75 Å². The molecule has 0 saturated heterocycles. The highest BCUT2D eigenvalue weighted by atomic mass is 16.5. The second-order valence-corrected chi connectivity index (χ2v) is 4.51. The highest BCUT2D eigenvalue weighted by Crippen LogP contribution is 2.20. The van der Waals surface area contributed by atoms with Crippen LogP contribution in [0.5, 0.6) is 5.75 Å². The fourth-order valence-electron chi connectivity index (χ4n) is 2.26. The van der Waals surface area contributed by atoms with Crippen molar-refractivity contribution in [1.82, 2.24) is 10.3 Å². The van der Waals surface area contributed by atoms with E-state index in [0.29, 0.717) is 11.3 Å². The summed E-state index contributed by atoms with van der Waals surface area (Å²) in [6.45, 7) is 0. The minimum atomic E-state index is -0.449. The van der Waals surface area contributed by atoms with E-state index in [1.54, 1.807) is 12.3 Å². The quantitative estimate of drug-likeness (QED) is 0.843. The zero-order valence-corrected chi connectivity index (χ0v) is 10.4. The molecule has 0 aliphatic heterocycles. The van der Waals surface area contributed by atoms with E-state index in [1.165, 1.54) is 13.3 Å². The second-order valence-electron chi connectivity index (χ2n) is 4.51. The Morgan fingerprint density at radius 3 is 3.00 bits per heavy atom. The lowest BCUT2D eigenvalue weighted by Gasteiger charge is -2.28. The third kappa shape index (κ3) is 2.79. The molecule has 2 N–H and O–H groups in total. The van der Waals surface area contributed by atoms with Gasteiger partial charge in [0, 0.05) is 6.20 Å². The van der Waals surface area contributed by atoms with Crippen molar-refractivity contribution < 1.29 is 14.6 Å². The van der Waals surface area contributed by atoms with Gasteiger partial charge in [-0.15, -0.1) is 0 Å². The number of nitrogens with one attached hydrogen (secondary N) is 1. The van der Waals surface area contributed by atoms with Crippen molar-refractivity contribution in [3.05, 3.63) is 24.0 Å². The normalized spacial score (nSPS) is 23.4. The Bertz CT molecular complexity index is 422. The Balaban J connectivity index is 2.07. The van der Waals surface area contributed by atoms with Crippen molar-refractivity contribution >= 4 is 5.91 Å². The van der Waals surface area contributed by atoms with Crippen LogP contribution in [0.1, 0.15) is 36.0 Å². The number of aromatic nitrogens is 1. The highest BCUT2D eigenvalue weighted by Gasteiger charge is 2.25. The molecular formula is C13H18N2O3. The molecule has 5 heteroatoms. The van der Waals surface area contributed by atoms with Crippen LogP contribution < -0.4 is 10.1 Å². The van der Waals surface area contributed by atoms with E-state index in [0.717, 1.165) is 25.7 Å². The van der Waals surface area contributed by atoms with Gasteiger partial charge in [0.2, 0.25) is 0 Å². The summed E-state index contributed by atoms with van der Waals surface area (Å²) in [5.74, 6) is 0.223. The van der Waals surface area contributed by atoms with Crippen LogP contribution >= 0.6 is 0 Å². The Labute approximate surface area is 106 Å². The van der Waals surface area contributed by atoms with E-state index < -0.39 is 6.10 Å². The molecule has 2 rings (SSSR count).